The first-order chi connectivity index (χ1) is 9.02. The Labute approximate surface area is 111 Å². The maximum atomic E-state index is 12.4. The van der Waals surface area contributed by atoms with Gasteiger partial charge >= 0.3 is 0 Å². The summed E-state index contributed by atoms with van der Waals surface area (Å²) in [4.78, 5) is 14.0. The molecule has 0 saturated carbocycles. The number of hydrogen-bond acceptors (Lipinski definition) is 5. The fraction of sp³-hybridized carbons (Fsp3) is 0.462. The summed E-state index contributed by atoms with van der Waals surface area (Å²) in [6, 6.07) is 4.19. The van der Waals surface area contributed by atoms with Crippen LogP contribution in [0.1, 0.15) is 17.3 Å². The number of aromatic hydroxyl groups is 1. The van der Waals surface area contributed by atoms with E-state index in [-0.39, 0.29) is 36.0 Å². The van der Waals surface area contributed by atoms with Gasteiger partial charge in [-0.25, -0.2) is 0 Å². The summed E-state index contributed by atoms with van der Waals surface area (Å²) in [6.07, 6.45) is -0.376. The van der Waals surface area contributed by atoms with Crippen LogP contribution >= 0.6 is 0 Å². The minimum absolute atomic E-state index is 0.00262. The Morgan fingerprint density at radius 1 is 1.58 bits per heavy atom. The van der Waals surface area contributed by atoms with Gasteiger partial charge in [0.2, 0.25) is 0 Å². The SMILES string of the molecule is CC1COC(CO)CN1C(=O)c1cc(O)ccc1N. The van der Waals surface area contributed by atoms with Gasteiger partial charge in [-0.1, -0.05) is 0 Å². The number of nitrogens with two attached hydrogens (primary N) is 1. The fourth-order valence-corrected chi connectivity index (χ4v) is 2.10. The Morgan fingerprint density at radius 3 is 3.00 bits per heavy atom. The van der Waals surface area contributed by atoms with Crippen LogP contribution in [0.5, 0.6) is 5.75 Å². The molecule has 2 rings (SSSR count). The Kier molecular flexibility index (Phi) is 3.92. The van der Waals surface area contributed by atoms with Gasteiger partial charge in [-0.05, 0) is 25.1 Å². The molecule has 104 valence electrons. The first-order valence-electron chi connectivity index (χ1n) is 6.15. The van der Waals surface area contributed by atoms with Crippen LogP contribution in [0.25, 0.3) is 0 Å². The van der Waals surface area contributed by atoms with Crippen molar-refractivity contribution in [1.82, 2.24) is 4.90 Å². The molecule has 1 aliphatic rings. The van der Waals surface area contributed by atoms with Gasteiger partial charge in [-0.2, -0.15) is 0 Å². The number of nitrogens with zero attached hydrogens (tertiary/aromatic N) is 1. The van der Waals surface area contributed by atoms with Crippen molar-refractivity contribution >= 4 is 11.6 Å². The normalized spacial score (nSPS) is 23.4. The Bertz CT molecular complexity index is 478. The molecule has 1 aromatic rings. The molecule has 6 nitrogen and oxygen atoms in total. The molecule has 0 radical (unpaired) electrons. The van der Waals surface area contributed by atoms with Crippen LogP contribution in [0.15, 0.2) is 18.2 Å². The Morgan fingerprint density at radius 2 is 2.32 bits per heavy atom. The number of anilines is 1. The second-order valence-electron chi connectivity index (χ2n) is 4.72. The number of aliphatic hydroxyl groups excluding tert-OH is 1. The number of rotatable bonds is 2. The zero-order chi connectivity index (χ0) is 14.0. The van der Waals surface area contributed by atoms with Crippen molar-refractivity contribution in [2.75, 3.05) is 25.5 Å². The van der Waals surface area contributed by atoms with Gasteiger partial charge in [0.25, 0.3) is 5.91 Å². The average molecular weight is 266 g/mol. The highest BCUT2D eigenvalue weighted by atomic mass is 16.5. The highest BCUT2D eigenvalue weighted by molar-refractivity contribution is 5.99. The van der Waals surface area contributed by atoms with Crippen molar-refractivity contribution in [1.29, 1.82) is 0 Å². The molecule has 0 aliphatic carbocycles. The predicted octanol–water partition coefficient (Wildman–Crippen LogP) is 0.196. The molecule has 4 N–H and O–H groups in total. The minimum atomic E-state index is -0.376. The van der Waals surface area contributed by atoms with Crippen LogP contribution in [-0.4, -0.2) is 52.9 Å². The quantitative estimate of drug-likeness (QED) is 0.525. The summed E-state index contributed by atoms with van der Waals surface area (Å²) in [5, 5.41) is 18.6. The second-order valence-corrected chi connectivity index (χ2v) is 4.72. The maximum Gasteiger partial charge on any atom is 0.256 e. The number of benzene rings is 1. The van der Waals surface area contributed by atoms with Gasteiger partial charge in [0.05, 0.1) is 30.9 Å². The van der Waals surface area contributed by atoms with Crippen molar-refractivity contribution in [2.45, 2.75) is 19.1 Å². The molecule has 6 heteroatoms. The lowest BCUT2D eigenvalue weighted by molar-refractivity contribution is -0.0667. The van der Waals surface area contributed by atoms with Crippen LogP contribution < -0.4 is 5.73 Å². The van der Waals surface area contributed by atoms with E-state index in [0.29, 0.717) is 18.8 Å². The predicted molar refractivity (Wildman–Crippen MR) is 69.8 cm³/mol. The first-order valence-corrected chi connectivity index (χ1v) is 6.15. The van der Waals surface area contributed by atoms with Gasteiger partial charge in [0.1, 0.15) is 5.75 Å². The van der Waals surface area contributed by atoms with Crippen LogP contribution in [0.4, 0.5) is 5.69 Å². The van der Waals surface area contributed by atoms with Crippen molar-refractivity contribution in [3.8, 4) is 5.75 Å². The lowest BCUT2D eigenvalue weighted by Gasteiger charge is -2.37. The summed E-state index contributed by atoms with van der Waals surface area (Å²) in [5.74, 6) is -0.264. The van der Waals surface area contributed by atoms with E-state index in [4.69, 9.17) is 15.6 Å². The molecular formula is C13H18N2O4. The summed E-state index contributed by atoms with van der Waals surface area (Å²) in [6.45, 7) is 2.41. The van der Waals surface area contributed by atoms with Crippen LogP contribution in [0.3, 0.4) is 0 Å². The molecule has 2 unspecified atom stereocenters. The lowest BCUT2D eigenvalue weighted by Crippen LogP contribution is -2.52. The number of hydrogen-bond donors (Lipinski definition) is 3. The van der Waals surface area contributed by atoms with E-state index in [1.807, 2.05) is 6.92 Å². The van der Waals surface area contributed by atoms with E-state index < -0.39 is 0 Å². The van der Waals surface area contributed by atoms with Crippen molar-refractivity contribution in [3.05, 3.63) is 23.8 Å². The smallest absolute Gasteiger partial charge is 0.256 e. The van der Waals surface area contributed by atoms with E-state index in [1.165, 1.54) is 18.2 Å². The number of nitrogen functional groups attached to an aromatic ring is 1. The van der Waals surface area contributed by atoms with Crippen LogP contribution in [0.2, 0.25) is 0 Å². The number of phenols is 1. The lowest BCUT2D eigenvalue weighted by atomic mass is 10.1. The van der Waals surface area contributed by atoms with Gasteiger partial charge in [-0.15, -0.1) is 0 Å². The number of ether oxygens (including phenoxy) is 1. The van der Waals surface area contributed by atoms with E-state index in [9.17, 15) is 9.90 Å². The van der Waals surface area contributed by atoms with E-state index in [1.54, 1.807) is 4.90 Å². The third-order valence-corrected chi connectivity index (χ3v) is 3.24. The Hall–Kier alpha value is -1.79. The largest absolute Gasteiger partial charge is 0.508 e. The monoisotopic (exact) mass is 266 g/mol. The second kappa shape index (κ2) is 5.46. The molecule has 19 heavy (non-hydrogen) atoms. The third kappa shape index (κ3) is 2.80. The number of carbonyl (C=O) groups is 1. The molecule has 0 bridgehead atoms. The van der Waals surface area contributed by atoms with Crippen LogP contribution in [-0.2, 0) is 4.74 Å². The molecule has 1 amide bonds. The van der Waals surface area contributed by atoms with E-state index in [0.717, 1.165) is 0 Å². The molecule has 1 aromatic carbocycles. The molecule has 2 atom stereocenters. The van der Waals surface area contributed by atoms with Gasteiger partial charge in [0, 0.05) is 12.2 Å². The van der Waals surface area contributed by atoms with E-state index >= 15 is 0 Å². The standard InChI is InChI=1S/C13H18N2O4/c1-8-7-19-10(6-16)5-15(8)13(18)11-4-9(17)2-3-12(11)14/h2-4,8,10,16-17H,5-7,14H2,1H3. The molecule has 1 heterocycles. The third-order valence-electron chi connectivity index (χ3n) is 3.24. The van der Waals surface area contributed by atoms with Crippen molar-refractivity contribution in [2.24, 2.45) is 0 Å². The maximum absolute atomic E-state index is 12.4. The summed E-state index contributed by atoms with van der Waals surface area (Å²) >= 11 is 0. The van der Waals surface area contributed by atoms with Crippen molar-refractivity contribution in [3.63, 3.8) is 0 Å². The number of morpholine rings is 1. The molecule has 0 spiro atoms. The van der Waals surface area contributed by atoms with E-state index in [2.05, 4.69) is 0 Å². The average Bonchev–Trinajstić information content (AvgIpc) is 2.41. The molecule has 1 aliphatic heterocycles. The number of carbonyl (C=O) groups excluding carboxylic acids is 1. The molecule has 1 fully saturated rings. The summed E-state index contributed by atoms with van der Waals surface area (Å²) in [7, 11) is 0. The highest BCUT2D eigenvalue weighted by Crippen LogP contribution is 2.22. The van der Waals surface area contributed by atoms with Crippen LogP contribution in [0, 0.1) is 0 Å². The highest BCUT2D eigenvalue weighted by Gasteiger charge is 2.30. The number of amides is 1. The minimum Gasteiger partial charge on any atom is -0.508 e. The number of aliphatic hydroxyl groups is 1. The summed E-state index contributed by atoms with van der Waals surface area (Å²) < 4.78 is 5.39. The number of phenolic OH excluding ortho intramolecular Hbond substituents is 1. The zero-order valence-electron chi connectivity index (χ0n) is 10.7. The molecular weight excluding hydrogens is 248 g/mol. The van der Waals surface area contributed by atoms with Gasteiger partial charge in [0.15, 0.2) is 0 Å². The van der Waals surface area contributed by atoms with Gasteiger partial charge < -0.3 is 25.6 Å². The van der Waals surface area contributed by atoms with Gasteiger partial charge in [-0.3, -0.25) is 4.79 Å². The first kappa shape index (κ1) is 13.6. The zero-order valence-corrected chi connectivity index (χ0v) is 10.7. The molecule has 1 saturated heterocycles. The molecule has 0 aromatic heterocycles. The summed E-state index contributed by atoms with van der Waals surface area (Å²) in [5.41, 5.74) is 6.36. The topological polar surface area (TPSA) is 96.0 Å². The fourth-order valence-electron chi connectivity index (χ4n) is 2.10. The Balaban J connectivity index is 2.24. The van der Waals surface area contributed by atoms with Crippen molar-refractivity contribution < 1.29 is 19.7 Å².